The Morgan fingerprint density at radius 2 is 0.649 bits per heavy atom. The number of epoxide rings is 2. The van der Waals surface area contributed by atoms with E-state index in [0.29, 0.717) is 25.4 Å². The third-order valence-corrected chi connectivity index (χ3v) is 11.7. The SMILES string of the molecule is CC(C)(C)CC(C)(C)c1cc(Cc2cc(C(C)(C)CC(C)(C)C)c(OCCC3CO3)c(C(C)(C)CC(C)(C)C)c2)cc(C(C)(C)CC(C)(C)C)c1OCCC1CO1. The highest BCUT2D eigenvalue weighted by Crippen LogP contribution is 2.50. The summed E-state index contributed by atoms with van der Waals surface area (Å²) in [6.45, 7) is 51.0. The summed E-state index contributed by atoms with van der Waals surface area (Å²) >= 11 is 0. The van der Waals surface area contributed by atoms with Crippen LogP contribution in [0.5, 0.6) is 11.5 Å². The van der Waals surface area contributed by atoms with Crippen molar-refractivity contribution in [2.24, 2.45) is 21.7 Å². The third-order valence-electron chi connectivity index (χ3n) is 11.7. The molecule has 0 saturated carbocycles. The number of rotatable bonds is 18. The Labute approximate surface area is 352 Å². The van der Waals surface area contributed by atoms with Crippen LogP contribution in [0.15, 0.2) is 24.3 Å². The monoisotopic (exact) mass is 789 g/mol. The van der Waals surface area contributed by atoms with Crippen LogP contribution >= 0.6 is 0 Å². The van der Waals surface area contributed by atoms with Gasteiger partial charge in [0.2, 0.25) is 0 Å². The standard InChI is InChI=1S/C53H88O4/c1-46(2,3)32-50(13,14)40-26-36(27-41(51(15,16)33-47(4,5)6)44(40)54-23-21-38-30-56-38)25-37-28-42(52(17,18)34-48(7,8)9)45(55-24-22-39-31-57-39)43(29-37)53(19,20)35-49(10,11)12/h26-29,38-39H,21-25,30-35H2,1-20H3. The van der Waals surface area contributed by atoms with Crippen molar-refractivity contribution >= 4 is 0 Å². The smallest absolute Gasteiger partial charge is 0.126 e. The van der Waals surface area contributed by atoms with Gasteiger partial charge in [-0.05, 0) is 86.6 Å². The fourth-order valence-corrected chi connectivity index (χ4v) is 10.9. The first-order valence-corrected chi connectivity index (χ1v) is 22.5. The van der Waals surface area contributed by atoms with Gasteiger partial charge in [0.25, 0.3) is 0 Å². The van der Waals surface area contributed by atoms with Crippen LogP contribution in [-0.2, 0) is 37.6 Å². The summed E-state index contributed by atoms with van der Waals surface area (Å²) < 4.78 is 25.3. The summed E-state index contributed by atoms with van der Waals surface area (Å²) in [5.41, 5.74) is 8.30. The molecule has 2 aromatic rings. The average molecular weight is 789 g/mol. The van der Waals surface area contributed by atoms with Crippen molar-refractivity contribution < 1.29 is 18.9 Å². The van der Waals surface area contributed by atoms with Crippen LogP contribution in [0.25, 0.3) is 0 Å². The lowest BCUT2D eigenvalue weighted by Crippen LogP contribution is -2.30. The fourth-order valence-electron chi connectivity index (χ4n) is 10.9. The Kier molecular flexibility index (Phi) is 14.0. The van der Waals surface area contributed by atoms with Crippen LogP contribution in [0.2, 0.25) is 0 Å². The Bertz CT molecular complexity index is 1430. The fraction of sp³-hybridized carbons (Fsp3) is 0.774. The van der Waals surface area contributed by atoms with Crippen molar-refractivity contribution in [3.8, 4) is 11.5 Å². The topological polar surface area (TPSA) is 43.5 Å². The summed E-state index contributed by atoms with van der Waals surface area (Å²) in [4.78, 5) is 0. The second-order valence-corrected chi connectivity index (χ2v) is 25.9. The van der Waals surface area contributed by atoms with E-state index < -0.39 is 0 Å². The molecule has 2 atom stereocenters. The molecule has 0 amide bonds. The molecule has 0 spiro atoms. The summed E-state index contributed by atoms with van der Waals surface area (Å²) in [7, 11) is 0. The van der Waals surface area contributed by atoms with Crippen molar-refractivity contribution in [3.63, 3.8) is 0 Å². The van der Waals surface area contributed by atoms with E-state index in [1.165, 1.54) is 33.4 Å². The molecule has 0 radical (unpaired) electrons. The first-order chi connectivity index (χ1) is 25.7. The van der Waals surface area contributed by atoms with Crippen LogP contribution < -0.4 is 9.47 Å². The Balaban J connectivity index is 2.00. The molecule has 2 aliphatic heterocycles. The zero-order valence-electron chi connectivity index (χ0n) is 40.9. The van der Waals surface area contributed by atoms with E-state index in [9.17, 15) is 0 Å². The molecular formula is C53H88O4. The van der Waals surface area contributed by atoms with E-state index >= 15 is 0 Å². The van der Waals surface area contributed by atoms with E-state index in [4.69, 9.17) is 18.9 Å². The van der Waals surface area contributed by atoms with Gasteiger partial charge in [-0.2, -0.15) is 0 Å². The van der Waals surface area contributed by atoms with Crippen LogP contribution in [-0.4, -0.2) is 38.6 Å². The van der Waals surface area contributed by atoms with Crippen molar-refractivity contribution in [1.82, 2.24) is 0 Å². The largest absolute Gasteiger partial charge is 0.493 e. The predicted octanol–water partition coefficient (Wildman–Crippen LogP) is 14.5. The summed E-state index contributed by atoms with van der Waals surface area (Å²) in [6, 6.07) is 10.1. The zero-order valence-corrected chi connectivity index (χ0v) is 40.9. The van der Waals surface area contributed by atoms with Crippen molar-refractivity contribution in [2.45, 2.75) is 217 Å². The maximum atomic E-state index is 7.02. The summed E-state index contributed by atoms with van der Waals surface area (Å²) in [6.07, 6.45) is 7.61. The minimum atomic E-state index is -0.102. The molecule has 2 unspecified atom stereocenters. The number of ether oxygens (including phenoxy) is 4. The van der Waals surface area contributed by atoms with Crippen molar-refractivity contribution in [1.29, 1.82) is 0 Å². The van der Waals surface area contributed by atoms with Gasteiger partial charge >= 0.3 is 0 Å². The highest BCUT2D eigenvalue weighted by Gasteiger charge is 2.39. The molecule has 2 aliphatic rings. The first kappa shape index (κ1) is 47.6. The quantitative estimate of drug-likeness (QED) is 0.141. The lowest BCUT2D eigenvalue weighted by Gasteiger charge is -2.39. The van der Waals surface area contributed by atoms with Crippen molar-refractivity contribution in [3.05, 3.63) is 57.6 Å². The molecule has 2 saturated heterocycles. The minimum absolute atomic E-state index is 0.102. The highest BCUT2D eigenvalue weighted by atomic mass is 16.6. The average Bonchev–Trinajstić information content (AvgIpc) is 3.89. The van der Waals surface area contributed by atoms with Gasteiger partial charge in [0.05, 0.1) is 38.6 Å². The molecule has 4 rings (SSSR count). The Hall–Kier alpha value is -2.04. The van der Waals surface area contributed by atoms with Crippen LogP contribution in [0, 0.1) is 21.7 Å². The van der Waals surface area contributed by atoms with E-state index in [1.54, 1.807) is 0 Å². The molecule has 324 valence electrons. The molecular weight excluding hydrogens is 701 g/mol. The van der Waals surface area contributed by atoms with Crippen LogP contribution in [0.3, 0.4) is 0 Å². The summed E-state index contributed by atoms with van der Waals surface area (Å²) in [5.74, 6) is 2.20. The number of hydrogen-bond acceptors (Lipinski definition) is 4. The maximum Gasteiger partial charge on any atom is 0.126 e. The second kappa shape index (κ2) is 16.8. The van der Waals surface area contributed by atoms with Gasteiger partial charge in [-0.15, -0.1) is 0 Å². The normalized spacial score (nSPS) is 18.5. The molecule has 2 aromatic carbocycles. The lowest BCUT2D eigenvalue weighted by atomic mass is 9.67. The van der Waals surface area contributed by atoms with E-state index in [1.807, 2.05) is 0 Å². The molecule has 4 nitrogen and oxygen atoms in total. The maximum absolute atomic E-state index is 7.02. The highest BCUT2D eigenvalue weighted by molar-refractivity contribution is 5.55. The molecule has 2 heterocycles. The molecule has 0 N–H and O–H groups in total. The predicted molar refractivity (Wildman–Crippen MR) is 244 cm³/mol. The van der Waals surface area contributed by atoms with Crippen LogP contribution in [0.1, 0.15) is 210 Å². The van der Waals surface area contributed by atoms with E-state index in [2.05, 4.69) is 163 Å². The van der Waals surface area contributed by atoms with Gasteiger partial charge in [-0.25, -0.2) is 0 Å². The molecule has 4 heteroatoms. The minimum Gasteiger partial charge on any atom is -0.493 e. The Morgan fingerprint density at radius 3 is 0.842 bits per heavy atom. The molecule has 0 aromatic heterocycles. The van der Waals surface area contributed by atoms with Gasteiger partial charge in [0.1, 0.15) is 11.5 Å². The number of hydrogen-bond donors (Lipinski definition) is 0. The first-order valence-electron chi connectivity index (χ1n) is 22.5. The third kappa shape index (κ3) is 14.6. The molecule has 57 heavy (non-hydrogen) atoms. The van der Waals surface area contributed by atoms with Crippen LogP contribution in [0.4, 0.5) is 0 Å². The molecule has 2 fully saturated rings. The zero-order chi connectivity index (χ0) is 43.2. The van der Waals surface area contributed by atoms with Gasteiger partial charge in [-0.3, -0.25) is 0 Å². The number of benzene rings is 2. The lowest BCUT2D eigenvalue weighted by molar-refractivity contribution is 0.241. The van der Waals surface area contributed by atoms with E-state index in [-0.39, 0.29) is 43.3 Å². The molecule has 0 bridgehead atoms. The Morgan fingerprint density at radius 1 is 0.421 bits per heavy atom. The van der Waals surface area contributed by atoms with Crippen molar-refractivity contribution in [2.75, 3.05) is 26.4 Å². The van der Waals surface area contributed by atoms with E-state index in [0.717, 1.165) is 69.7 Å². The second-order valence-electron chi connectivity index (χ2n) is 25.9. The van der Waals surface area contributed by atoms with Gasteiger partial charge < -0.3 is 18.9 Å². The van der Waals surface area contributed by atoms with Gasteiger partial charge in [0.15, 0.2) is 0 Å². The van der Waals surface area contributed by atoms with Gasteiger partial charge in [0, 0.05) is 35.1 Å². The van der Waals surface area contributed by atoms with Gasteiger partial charge in [-0.1, -0.05) is 163 Å². The molecule has 0 aliphatic carbocycles. The summed E-state index contributed by atoms with van der Waals surface area (Å²) in [5, 5.41) is 0.